The van der Waals surface area contributed by atoms with Gasteiger partial charge in [0.2, 0.25) is 0 Å². The number of carbonyl (C=O) groups is 1. The first kappa shape index (κ1) is 21.3. The number of ether oxygens (including phenoxy) is 1. The molecular formula is C21H23F3N2O2. The van der Waals surface area contributed by atoms with E-state index in [0.29, 0.717) is 0 Å². The van der Waals surface area contributed by atoms with Gasteiger partial charge in [0, 0.05) is 5.69 Å². The third-order valence-corrected chi connectivity index (χ3v) is 4.27. The Kier molecular flexibility index (Phi) is 6.07. The zero-order chi connectivity index (χ0) is 21.1. The monoisotopic (exact) mass is 392 g/mol. The summed E-state index contributed by atoms with van der Waals surface area (Å²) >= 11 is 0. The van der Waals surface area contributed by atoms with Crippen LogP contribution in [0.2, 0.25) is 0 Å². The first-order valence-electron chi connectivity index (χ1n) is 8.55. The number of hydrogen-bond donors (Lipinski definition) is 2. The van der Waals surface area contributed by atoms with Crippen LogP contribution in [0, 0.1) is 0 Å². The molecule has 0 spiro atoms. The molecule has 2 aromatic carbocycles. The van der Waals surface area contributed by atoms with Gasteiger partial charge in [-0.15, -0.1) is 0 Å². The maximum atomic E-state index is 13.1. The summed E-state index contributed by atoms with van der Waals surface area (Å²) in [7, 11) is 1.16. The van der Waals surface area contributed by atoms with Crippen molar-refractivity contribution in [1.29, 1.82) is 0 Å². The first-order valence-corrected chi connectivity index (χ1v) is 8.55. The number of benzene rings is 2. The van der Waals surface area contributed by atoms with E-state index in [4.69, 9.17) is 4.74 Å². The van der Waals surface area contributed by atoms with Crippen molar-refractivity contribution in [2.45, 2.75) is 32.5 Å². The lowest BCUT2D eigenvalue weighted by Crippen LogP contribution is -2.43. The van der Waals surface area contributed by atoms with Gasteiger partial charge in [-0.3, -0.25) is 0 Å². The van der Waals surface area contributed by atoms with Gasteiger partial charge < -0.3 is 15.4 Å². The molecule has 0 unspecified atom stereocenters. The molecule has 28 heavy (non-hydrogen) atoms. The predicted molar refractivity (Wildman–Crippen MR) is 104 cm³/mol. The Labute approximate surface area is 162 Å². The van der Waals surface area contributed by atoms with E-state index in [1.165, 1.54) is 12.1 Å². The second-order valence-electron chi connectivity index (χ2n) is 6.98. The molecule has 150 valence electrons. The average molecular weight is 392 g/mol. The highest BCUT2D eigenvalue weighted by atomic mass is 19.4. The van der Waals surface area contributed by atoms with Gasteiger partial charge in [0.1, 0.15) is 5.75 Å². The topological polar surface area (TPSA) is 50.4 Å². The Balaban J connectivity index is 2.19. The molecule has 0 saturated heterocycles. The third kappa shape index (κ3) is 5.06. The van der Waals surface area contributed by atoms with E-state index >= 15 is 0 Å². The van der Waals surface area contributed by atoms with Crippen molar-refractivity contribution >= 4 is 17.3 Å². The predicted octanol–water partition coefficient (Wildman–Crippen LogP) is 5.80. The maximum absolute atomic E-state index is 13.1. The summed E-state index contributed by atoms with van der Waals surface area (Å²) in [6, 6.07) is 10.3. The lowest BCUT2D eigenvalue weighted by Gasteiger charge is -2.27. The minimum Gasteiger partial charge on any atom is -0.496 e. The first-order chi connectivity index (χ1) is 12.9. The minimum atomic E-state index is -4.60. The van der Waals surface area contributed by atoms with Crippen LogP contribution in [-0.2, 0) is 11.7 Å². The normalized spacial score (nSPS) is 11.7. The summed E-state index contributed by atoms with van der Waals surface area (Å²) in [6.07, 6.45) is -4.60. The molecule has 2 rings (SSSR count). The lowest BCUT2D eigenvalue weighted by atomic mass is 9.92. The summed E-state index contributed by atoms with van der Waals surface area (Å²) in [5, 5.41) is 5.23. The number of urea groups is 1. The van der Waals surface area contributed by atoms with Crippen LogP contribution in [0.4, 0.5) is 23.7 Å². The molecule has 0 fully saturated rings. The number of carbonyl (C=O) groups excluding carboxylic acids is 1. The van der Waals surface area contributed by atoms with Crippen LogP contribution in [0.15, 0.2) is 49.0 Å². The van der Waals surface area contributed by atoms with Crippen molar-refractivity contribution in [2.24, 2.45) is 0 Å². The van der Waals surface area contributed by atoms with Crippen LogP contribution in [0.5, 0.6) is 5.75 Å². The molecule has 2 amide bonds. The molecule has 4 nitrogen and oxygen atoms in total. The van der Waals surface area contributed by atoms with Gasteiger partial charge in [0.15, 0.2) is 0 Å². The van der Waals surface area contributed by atoms with Gasteiger partial charge in [-0.25, -0.2) is 4.79 Å². The number of alkyl halides is 3. The van der Waals surface area contributed by atoms with Gasteiger partial charge in [-0.05, 0) is 56.2 Å². The quantitative estimate of drug-likeness (QED) is 0.675. The highest BCUT2D eigenvalue weighted by Crippen LogP contribution is 2.37. The fourth-order valence-electron chi connectivity index (χ4n) is 2.70. The van der Waals surface area contributed by atoms with Gasteiger partial charge in [-0.1, -0.05) is 30.4 Å². The summed E-state index contributed by atoms with van der Waals surface area (Å²) in [4.78, 5) is 12.4. The van der Waals surface area contributed by atoms with Crippen molar-refractivity contribution in [3.63, 3.8) is 0 Å². The van der Waals surface area contributed by atoms with Crippen LogP contribution in [-0.4, -0.2) is 13.1 Å². The Morgan fingerprint density at radius 3 is 2.36 bits per heavy atom. The number of halogens is 3. The number of allylic oxidation sites excluding steroid dienone is 1. The van der Waals surface area contributed by atoms with Crippen molar-refractivity contribution in [2.75, 3.05) is 12.4 Å². The maximum Gasteiger partial charge on any atom is 0.420 e. The number of hydrogen-bond acceptors (Lipinski definition) is 2. The highest BCUT2D eigenvalue weighted by Gasteiger charge is 2.34. The Bertz CT molecular complexity index is 889. The highest BCUT2D eigenvalue weighted by molar-refractivity contribution is 5.90. The second-order valence-corrected chi connectivity index (χ2v) is 6.98. The van der Waals surface area contributed by atoms with E-state index in [-0.39, 0.29) is 11.4 Å². The van der Waals surface area contributed by atoms with Crippen LogP contribution in [0.3, 0.4) is 0 Å². The van der Waals surface area contributed by atoms with Crippen LogP contribution < -0.4 is 15.4 Å². The summed E-state index contributed by atoms with van der Waals surface area (Å²) in [5.74, 6) is -0.310. The average Bonchev–Trinajstić information content (AvgIpc) is 2.60. The van der Waals surface area contributed by atoms with Crippen molar-refractivity contribution in [3.05, 3.63) is 65.7 Å². The fourth-order valence-corrected chi connectivity index (χ4v) is 2.70. The zero-order valence-electron chi connectivity index (χ0n) is 16.2. The molecule has 2 aromatic rings. The third-order valence-electron chi connectivity index (χ3n) is 4.27. The van der Waals surface area contributed by atoms with E-state index in [1.807, 2.05) is 31.2 Å². The summed E-state index contributed by atoms with van der Waals surface area (Å²) < 4.78 is 44.1. The molecule has 0 radical (unpaired) electrons. The molecule has 0 bridgehead atoms. The Morgan fingerprint density at radius 2 is 1.79 bits per heavy atom. The Hall–Kier alpha value is -2.96. The van der Waals surface area contributed by atoms with E-state index in [1.54, 1.807) is 13.8 Å². The van der Waals surface area contributed by atoms with Crippen LogP contribution in [0.1, 0.15) is 37.5 Å². The molecule has 0 aliphatic carbocycles. The summed E-state index contributed by atoms with van der Waals surface area (Å²) in [6.45, 7) is 9.40. The number of anilines is 1. The van der Waals surface area contributed by atoms with Crippen molar-refractivity contribution < 1.29 is 22.7 Å². The van der Waals surface area contributed by atoms with Crippen molar-refractivity contribution in [3.8, 4) is 5.75 Å². The van der Waals surface area contributed by atoms with E-state index in [9.17, 15) is 18.0 Å². The Morgan fingerprint density at radius 1 is 1.11 bits per heavy atom. The molecule has 7 heteroatoms. The molecule has 0 aliphatic heterocycles. The summed E-state index contributed by atoms with van der Waals surface area (Å²) in [5.41, 5.74) is 0.972. The minimum absolute atomic E-state index is 0.0112. The molecule has 2 N–H and O–H groups in total. The molecule has 0 saturated carbocycles. The van der Waals surface area contributed by atoms with Crippen LogP contribution in [0.25, 0.3) is 5.57 Å². The number of nitrogens with one attached hydrogen (secondary N) is 2. The fraction of sp³-hybridized carbons (Fsp3) is 0.286. The number of rotatable bonds is 5. The van der Waals surface area contributed by atoms with Crippen LogP contribution >= 0.6 is 0 Å². The molecule has 0 atom stereocenters. The molecule has 0 aliphatic rings. The zero-order valence-corrected chi connectivity index (χ0v) is 16.2. The van der Waals surface area contributed by atoms with E-state index in [2.05, 4.69) is 17.2 Å². The lowest BCUT2D eigenvalue weighted by molar-refractivity contribution is -0.138. The van der Waals surface area contributed by atoms with E-state index < -0.39 is 23.3 Å². The van der Waals surface area contributed by atoms with Crippen molar-refractivity contribution in [1.82, 2.24) is 5.32 Å². The number of amides is 2. The SMILES string of the molecule is C=C(C)c1cccc(C(C)(C)NC(=O)Nc2ccc(OC)c(C(F)(F)F)c2)c1. The largest absolute Gasteiger partial charge is 0.496 e. The van der Waals surface area contributed by atoms with Gasteiger partial charge in [0.05, 0.1) is 18.2 Å². The molecular weight excluding hydrogens is 369 g/mol. The van der Waals surface area contributed by atoms with E-state index in [0.717, 1.165) is 29.9 Å². The van der Waals surface area contributed by atoms with Gasteiger partial charge >= 0.3 is 12.2 Å². The van der Waals surface area contributed by atoms with Gasteiger partial charge in [-0.2, -0.15) is 13.2 Å². The smallest absolute Gasteiger partial charge is 0.420 e. The number of methoxy groups -OCH3 is 1. The second kappa shape index (κ2) is 7.96. The standard InChI is InChI=1S/C21H23F3N2O2/c1-13(2)14-7-6-8-15(11-14)20(3,4)26-19(27)25-16-9-10-18(28-5)17(12-16)21(22,23)24/h6-12H,1H2,2-5H3,(H2,25,26,27). The molecule has 0 aromatic heterocycles. The van der Waals surface area contributed by atoms with Gasteiger partial charge in [0.25, 0.3) is 0 Å². The molecule has 0 heterocycles.